The summed E-state index contributed by atoms with van der Waals surface area (Å²) in [5.74, 6) is 0.121. The summed E-state index contributed by atoms with van der Waals surface area (Å²) in [6, 6.07) is -0.0534. The molecule has 1 N–H and O–H groups in total. The number of piperazine rings is 1. The maximum atomic E-state index is 12.4. The monoisotopic (exact) mass is 323 g/mol. The number of likely N-dealkylation sites (tertiary alicyclic amines) is 1. The van der Waals surface area contributed by atoms with Gasteiger partial charge in [0.15, 0.2) is 0 Å². The Bertz CT molecular complexity index is 384. The Morgan fingerprint density at radius 3 is 2.36 bits per heavy atom. The lowest BCUT2D eigenvalue weighted by Crippen LogP contribution is -2.54. The number of halogens is 3. The summed E-state index contributed by atoms with van der Waals surface area (Å²) < 4.78 is 36.6. The molecule has 22 heavy (non-hydrogen) atoms. The number of aliphatic hydroxyl groups excluding tert-OH is 1. The van der Waals surface area contributed by atoms with Crippen molar-refractivity contribution in [2.75, 3.05) is 46.3 Å². The molecule has 1 amide bonds. The van der Waals surface area contributed by atoms with E-state index >= 15 is 0 Å². The van der Waals surface area contributed by atoms with Crippen LogP contribution in [0.15, 0.2) is 0 Å². The second-order valence-electron chi connectivity index (χ2n) is 6.24. The Hall–Kier alpha value is -0.860. The lowest BCUT2D eigenvalue weighted by molar-refractivity contribution is -0.155. The van der Waals surface area contributed by atoms with Crippen molar-refractivity contribution >= 4 is 5.91 Å². The number of aliphatic hydroxyl groups is 1. The number of carbonyl (C=O) groups excluding carboxylic acids is 1. The van der Waals surface area contributed by atoms with Gasteiger partial charge in [-0.05, 0) is 26.4 Å². The van der Waals surface area contributed by atoms with Crippen LogP contribution in [-0.4, -0.2) is 90.4 Å². The van der Waals surface area contributed by atoms with Gasteiger partial charge < -0.3 is 10.0 Å². The first-order valence-electron chi connectivity index (χ1n) is 7.72. The van der Waals surface area contributed by atoms with E-state index in [1.807, 2.05) is 7.05 Å². The molecule has 0 spiro atoms. The molecule has 2 heterocycles. The molecule has 2 fully saturated rings. The van der Waals surface area contributed by atoms with Crippen molar-refractivity contribution in [1.29, 1.82) is 0 Å². The van der Waals surface area contributed by atoms with Crippen LogP contribution >= 0.6 is 0 Å². The van der Waals surface area contributed by atoms with Gasteiger partial charge in [0.1, 0.15) is 0 Å². The van der Waals surface area contributed by atoms with Crippen LogP contribution in [0.5, 0.6) is 0 Å². The molecule has 0 saturated carbocycles. The molecule has 5 nitrogen and oxygen atoms in total. The van der Waals surface area contributed by atoms with Gasteiger partial charge in [-0.1, -0.05) is 0 Å². The second-order valence-corrected chi connectivity index (χ2v) is 6.24. The van der Waals surface area contributed by atoms with Gasteiger partial charge in [-0.3, -0.25) is 14.6 Å². The number of alkyl halides is 3. The lowest BCUT2D eigenvalue weighted by atomic mass is 10.1. The summed E-state index contributed by atoms with van der Waals surface area (Å²) >= 11 is 0. The highest BCUT2D eigenvalue weighted by Gasteiger charge is 2.34. The third-order valence-corrected chi connectivity index (χ3v) is 4.43. The van der Waals surface area contributed by atoms with Crippen molar-refractivity contribution in [3.63, 3.8) is 0 Å². The highest BCUT2D eigenvalue weighted by Crippen LogP contribution is 2.22. The van der Waals surface area contributed by atoms with E-state index in [1.165, 1.54) is 0 Å². The van der Waals surface area contributed by atoms with E-state index < -0.39 is 18.7 Å². The van der Waals surface area contributed by atoms with Crippen LogP contribution in [0.2, 0.25) is 0 Å². The molecule has 0 aromatic rings. The Balaban J connectivity index is 1.74. The quantitative estimate of drug-likeness (QED) is 0.820. The normalized spacial score (nSPS) is 26.4. The first-order valence-corrected chi connectivity index (χ1v) is 7.72. The van der Waals surface area contributed by atoms with Crippen molar-refractivity contribution in [1.82, 2.24) is 14.7 Å². The van der Waals surface area contributed by atoms with E-state index in [4.69, 9.17) is 0 Å². The minimum atomic E-state index is -4.34. The SMILES string of the molecule is CN1CCC[C@H]1C(=O)N1CCN(C[C@H](O)CC(F)(F)F)CC1. The highest BCUT2D eigenvalue weighted by molar-refractivity contribution is 5.82. The Morgan fingerprint density at radius 1 is 1.23 bits per heavy atom. The standard InChI is InChI=1S/C14H24F3N3O2/c1-18-4-2-3-12(18)13(22)20-7-5-19(6-8-20)10-11(21)9-14(15,16)17/h11-12,21H,2-10H2,1H3/t11-,12+/m1/s1. The number of carbonyl (C=O) groups is 1. The van der Waals surface area contributed by atoms with Gasteiger partial charge in [0.2, 0.25) is 5.91 Å². The molecule has 0 aromatic heterocycles. The average molecular weight is 323 g/mol. The predicted molar refractivity (Wildman–Crippen MR) is 75.4 cm³/mol. The van der Waals surface area contributed by atoms with Crippen LogP contribution in [-0.2, 0) is 4.79 Å². The molecule has 2 saturated heterocycles. The number of hydrogen-bond donors (Lipinski definition) is 1. The molecule has 2 rings (SSSR count). The molecule has 2 atom stereocenters. The summed E-state index contributed by atoms with van der Waals surface area (Å²) in [5, 5.41) is 9.47. The first kappa shape index (κ1) is 17.5. The molecule has 0 bridgehead atoms. The topological polar surface area (TPSA) is 47.0 Å². The average Bonchev–Trinajstić information content (AvgIpc) is 2.83. The van der Waals surface area contributed by atoms with Crippen molar-refractivity contribution in [2.24, 2.45) is 0 Å². The van der Waals surface area contributed by atoms with Crippen LogP contribution in [0.1, 0.15) is 19.3 Å². The zero-order valence-electron chi connectivity index (χ0n) is 12.8. The third-order valence-electron chi connectivity index (χ3n) is 4.43. The zero-order chi connectivity index (χ0) is 16.3. The Morgan fingerprint density at radius 2 is 1.86 bits per heavy atom. The number of nitrogens with zero attached hydrogens (tertiary/aromatic N) is 3. The molecule has 2 aliphatic heterocycles. The molecule has 0 aromatic carbocycles. The molecular formula is C14H24F3N3O2. The zero-order valence-corrected chi connectivity index (χ0v) is 12.8. The van der Waals surface area contributed by atoms with E-state index in [0.29, 0.717) is 26.2 Å². The summed E-state index contributed by atoms with van der Waals surface area (Å²) in [6.07, 6.45) is -5.03. The second kappa shape index (κ2) is 7.14. The maximum absolute atomic E-state index is 12.4. The van der Waals surface area contributed by atoms with Crippen molar-refractivity contribution in [2.45, 2.75) is 37.6 Å². The fraction of sp³-hybridized carbons (Fsp3) is 0.929. The van der Waals surface area contributed by atoms with Crippen molar-refractivity contribution in [3.05, 3.63) is 0 Å². The van der Waals surface area contributed by atoms with E-state index in [2.05, 4.69) is 4.90 Å². The molecular weight excluding hydrogens is 299 g/mol. The van der Waals surface area contributed by atoms with Gasteiger partial charge in [-0.15, -0.1) is 0 Å². The van der Waals surface area contributed by atoms with Crippen LogP contribution < -0.4 is 0 Å². The van der Waals surface area contributed by atoms with Gasteiger partial charge in [-0.25, -0.2) is 0 Å². The summed E-state index contributed by atoms with van der Waals surface area (Å²) in [6.45, 7) is 2.99. The van der Waals surface area contributed by atoms with Crippen LogP contribution in [0.4, 0.5) is 13.2 Å². The number of amides is 1. The molecule has 0 radical (unpaired) electrons. The summed E-state index contributed by atoms with van der Waals surface area (Å²) in [5.41, 5.74) is 0. The van der Waals surface area contributed by atoms with E-state index in [-0.39, 0.29) is 18.5 Å². The van der Waals surface area contributed by atoms with Gasteiger partial charge >= 0.3 is 6.18 Å². The molecule has 8 heteroatoms. The smallest absolute Gasteiger partial charge is 0.391 e. The van der Waals surface area contributed by atoms with E-state index in [0.717, 1.165) is 19.4 Å². The minimum Gasteiger partial charge on any atom is -0.391 e. The van der Waals surface area contributed by atoms with E-state index in [9.17, 15) is 23.1 Å². The fourth-order valence-electron chi connectivity index (χ4n) is 3.21. The molecule has 128 valence electrons. The van der Waals surface area contributed by atoms with E-state index in [1.54, 1.807) is 9.80 Å². The van der Waals surface area contributed by atoms with Crippen molar-refractivity contribution in [3.8, 4) is 0 Å². The third kappa shape index (κ3) is 4.82. The maximum Gasteiger partial charge on any atom is 0.391 e. The van der Waals surface area contributed by atoms with Crippen LogP contribution in [0.3, 0.4) is 0 Å². The van der Waals surface area contributed by atoms with Crippen molar-refractivity contribution < 1.29 is 23.1 Å². The highest BCUT2D eigenvalue weighted by atomic mass is 19.4. The lowest BCUT2D eigenvalue weighted by Gasteiger charge is -2.37. The Kier molecular flexibility index (Phi) is 5.68. The fourth-order valence-corrected chi connectivity index (χ4v) is 3.21. The molecule has 0 unspecified atom stereocenters. The first-order chi connectivity index (χ1) is 10.3. The molecule has 0 aliphatic carbocycles. The molecule has 2 aliphatic rings. The van der Waals surface area contributed by atoms with Crippen LogP contribution in [0, 0.1) is 0 Å². The predicted octanol–water partition coefficient (Wildman–Crippen LogP) is 0.538. The number of likely N-dealkylation sites (N-methyl/N-ethyl adjacent to an activating group) is 1. The number of rotatable bonds is 4. The van der Waals surface area contributed by atoms with Gasteiger partial charge in [0, 0.05) is 32.7 Å². The summed E-state index contributed by atoms with van der Waals surface area (Å²) in [7, 11) is 1.94. The van der Waals surface area contributed by atoms with Crippen LogP contribution in [0.25, 0.3) is 0 Å². The summed E-state index contributed by atoms with van der Waals surface area (Å²) in [4.78, 5) is 18.0. The number of β-amino-alcohol motifs (C(OH)–C–C–N with tert-alkyl or cyclic N) is 1. The minimum absolute atomic E-state index is 0.00483. The van der Waals surface area contributed by atoms with Gasteiger partial charge in [0.05, 0.1) is 18.6 Å². The Labute approximate surface area is 128 Å². The van der Waals surface area contributed by atoms with Gasteiger partial charge in [-0.2, -0.15) is 13.2 Å². The number of hydrogen-bond acceptors (Lipinski definition) is 4. The largest absolute Gasteiger partial charge is 0.391 e. The van der Waals surface area contributed by atoms with Gasteiger partial charge in [0.25, 0.3) is 0 Å².